The second-order valence-corrected chi connectivity index (χ2v) is 8.13. The second-order valence-electron chi connectivity index (χ2n) is 6.19. The Morgan fingerprint density at radius 3 is 2.19 bits per heavy atom. The van der Waals surface area contributed by atoms with Crippen LogP contribution in [0, 0.1) is 0 Å². The van der Waals surface area contributed by atoms with Gasteiger partial charge in [-0.1, -0.05) is 30.3 Å². The number of carbonyl (C=O) groups excluding carboxylic acids is 1. The van der Waals surface area contributed by atoms with Crippen LogP contribution in [0.2, 0.25) is 0 Å². The molecule has 0 heterocycles. The van der Waals surface area contributed by atoms with E-state index in [2.05, 4.69) is 5.32 Å². The predicted octanol–water partition coefficient (Wildman–Crippen LogP) is 1.92. The minimum Gasteiger partial charge on any atom is -0.350 e. The van der Waals surface area contributed by atoms with Crippen molar-refractivity contribution in [3.63, 3.8) is 0 Å². The van der Waals surface area contributed by atoms with Gasteiger partial charge < -0.3 is 5.32 Å². The molecule has 0 saturated heterocycles. The van der Waals surface area contributed by atoms with Crippen molar-refractivity contribution in [1.29, 1.82) is 0 Å². The summed E-state index contributed by atoms with van der Waals surface area (Å²) in [6.07, 6.45) is 1.12. The first-order valence-corrected chi connectivity index (χ1v) is 8.68. The third kappa shape index (κ3) is 5.85. The van der Waals surface area contributed by atoms with Gasteiger partial charge in [-0.05, 0) is 33.3 Å². The van der Waals surface area contributed by atoms with Gasteiger partial charge in [-0.2, -0.15) is 4.31 Å². The Morgan fingerprint density at radius 2 is 1.76 bits per heavy atom. The molecule has 0 fully saturated rings. The molecule has 21 heavy (non-hydrogen) atoms. The maximum absolute atomic E-state index is 12.0. The molecular formula is C15H24N2O3S. The number of rotatable bonds is 5. The monoisotopic (exact) mass is 312 g/mol. The standard InChI is InChI=1S/C15H24N2O3S/c1-12(13-9-7-6-8-10-13)17(21(5,19)20)11-14(18)16-15(2,3)4/h6-10,12H,11H2,1-5H3,(H,16,18). The summed E-state index contributed by atoms with van der Waals surface area (Å²) in [5.41, 5.74) is 0.461. The predicted molar refractivity (Wildman–Crippen MR) is 84.3 cm³/mol. The summed E-state index contributed by atoms with van der Waals surface area (Å²) in [6, 6.07) is 8.87. The van der Waals surface area contributed by atoms with Gasteiger partial charge in [0.1, 0.15) is 0 Å². The summed E-state index contributed by atoms with van der Waals surface area (Å²) in [6.45, 7) is 7.16. The van der Waals surface area contributed by atoms with Crippen LogP contribution < -0.4 is 5.32 Å². The fourth-order valence-corrected chi connectivity index (χ4v) is 3.09. The van der Waals surface area contributed by atoms with E-state index in [4.69, 9.17) is 0 Å². The van der Waals surface area contributed by atoms with E-state index >= 15 is 0 Å². The summed E-state index contributed by atoms with van der Waals surface area (Å²) in [5.74, 6) is -0.310. The Hall–Kier alpha value is -1.40. The van der Waals surface area contributed by atoms with Gasteiger partial charge in [-0.15, -0.1) is 0 Å². The molecule has 1 amide bonds. The van der Waals surface area contributed by atoms with Crippen molar-refractivity contribution < 1.29 is 13.2 Å². The van der Waals surface area contributed by atoms with Crippen LogP contribution in [-0.2, 0) is 14.8 Å². The van der Waals surface area contributed by atoms with Crippen LogP contribution in [0.5, 0.6) is 0 Å². The smallest absolute Gasteiger partial charge is 0.235 e. The number of hydrogen-bond donors (Lipinski definition) is 1. The number of benzene rings is 1. The lowest BCUT2D eigenvalue weighted by Gasteiger charge is -2.28. The molecule has 1 aromatic carbocycles. The third-order valence-corrected chi connectivity index (χ3v) is 4.25. The van der Waals surface area contributed by atoms with E-state index in [1.54, 1.807) is 6.92 Å². The number of carbonyl (C=O) groups is 1. The van der Waals surface area contributed by atoms with E-state index < -0.39 is 21.6 Å². The first kappa shape index (κ1) is 17.7. The zero-order valence-electron chi connectivity index (χ0n) is 13.3. The van der Waals surface area contributed by atoms with Crippen molar-refractivity contribution >= 4 is 15.9 Å². The fraction of sp³-hybridized carbons (Fsp3) is 0.533. The zero-order chi connectivity index (χ0) is 16.3. The van der Waals surface area contributed by atoms with Gasteiger partial charge in [-0.3, -0.25) is 4.79 Å². The van der Waals surface area contributed by atoms with Crippen LogP contribution in [-0.4, -0.2) is 37.0 Å². The van der Waals surface area contributed by atoms with Crippen molar-refractivity contribution in [1.82, 2.24) is 9.62 Å². The number of nitrogens with one attached hydrogen (secondary N) is 1. The van der Waals surface area contributed by atoms with Crippen molar-refractivity contribution in [3.8, 4) is 0 Å². The first-order valence-electron chi connectivity index (χ1n) is 6.83. The topological polar surface area (TPSA) is 66.5 Å². The van der Waals surface area contributed by atoms with Gasteiger partial charge in [0.2, 0.25) is 15.9 Å². The summed E-state index contributed by atoms with van der Waals surface area (Å²) in [4.78, 5) is 12.0. The Balaban J connectivity index is 2.95. The third-order valence-electron chi connectivity index (χ3n) is 2.95. The summed E-state index contributed by atoms with van der Waals surface area (Å²) >= 11 is 0. The molecule has 0 aliphatic heterocycles. The molecule has 5 nitrogen and oxygen atoms in total. The Kier molecular flexibility index (Phi) is 5.53. The number of sulfonamides is 1. The number of amides is 1. The highest BCUT2D eigenvalue weighted by atomic mass is 32.2. The van der Waals surface area contributed by atoms with Crippen molar-refractivity contribution in [2.45, 2.75) is 39.3 Å². The highest BCUT2D eigenvalue weighted by Crippen LogP contribution is 2.22. The van der Waals surface area contributed by atoms with E-state index in [0.29, 0.717) is 0 Å². The quantitative estimate of drug-likeness (QED) is 0.903. The first-order chi connectivity index (χ1) is 9.50. The van der Waals surface area contributed by atoms with E-state index in [1.807, 2.05) is 51.1 Å². The van der Waals surface area contributed by atoms with Gasteiger partial charge in [-0.25, -0.2) is 8.42 Å². The summed E-state index contributed by atoms with van der Waals surface area (Å²) in [5, 5.41) is 2.78. The molecule has 1 rings (SSSR count). The van der Waals surface area contributed by atoms with Crippen LogP contribution in [0.3, 0.4) is 0 Å². The van der Waals surface area contributed by atoms with E-state index in [0.717, 1.165) is 11.8 Å². The molecule has 1 aromatic rings. The maximum atomic E-state index is 12.0. The zero-order valence-corrected chi connectivity index (χ0v) is 14.1. The van der Waals surface area contributed by atoms with E-state index in [9.17, 15) is 13.2 Å². The summed E-state index contributed by atoms with van der Waals surface area (Å²) in [7, 11) is -3.49. The van der Waals surface area contributed by atoms with Crippen molar-refractivity contribution in [2.24, 2.45) is 0 Å². The molecule has 1 atom stereocenters. The van der Waals surface area contributed by atoms with Gasteiger partial charge in [0.05, 0.1) is 12.8 Å². The lowest BCUT2D eigenvalue weighted by atomic mass is 10.1. The SMILES string of the molecule is CC(c1ccccc1)N(CC(=O)NC(C)(C)C)S(C)(=O)=O. The summed E-state index contributed by atoms with van der Waals surface area (Å²) < 4.78 is 25.2. The number of nitrogens with zero attached hydrogens (tertiary/aromatic N) is 1. The molecule has 0 saturated carbocycles. The molecular weight excluding hydrogens is 288 g/mol. The Bertz CT molecular complexity index is 577. The van der Waals surface area contributed by atoms with Crippen LogP contribution in [0.15, 0.2) is 30.3 Å². The van der Waals surface area contributed by atoms with Gasteiger partial charge >= 0.3 is 0 Å². The lowest BCUT2D eigenvalue weighted by Crippen LogP contribution is -2.47. The molecule has 6 heteroatoms. The molecule has 0 spiro atoms. The minimum atomic E-state index is -3.49. The van der Waals surface area contributed by atoms with Gasteiger partial charge in [0, 0.05) is 11.6 Å². The molecule has 0 aliphatic carbocycles. The molecule has 0 aliphatic rings. The van der Waals surface area contributed by atoms with Crippen LogP contribution in [0.1, 0.15) is 39.3 Å². The lowest BCUT2D eigenvalue weighted by molar-refractivity contribution is -0.123. The van der Waals surface area contributed by atoms with E-state index in [-0.39, 0.29) is 12.5 Å². The van der Waals surface area contributed by atoms with Crippen LogP contribution in [0.25, 0.3) is 0 Å². The average Bonchev–Trinajstić information content (AvgIpc) is 2.33. The molecule has 0 radical (unpaired) electrons. The highest BCUT2D eigenvalue weighted by molar-refractivity contribution is 7.88. The molecule has 1 N–H and O–H groups in total. The van der Waals surface area contributed by atoms with Crippen LogP contribution in [0.4, 0.5) is 0 Å². The second kappa shape index (κ2) is 6.58. The Labute approximate surface area is 127 Å². The average molecular weight is 312 g/mol. The fourth-order valence-electron chi connectivity index (χ4n) is 2.04. The molecule has 1 unspecified atom stereocenters. The van der Waals surface area contributed by atoms with Crippen molar-refractivity contribution in [3.05, 3.63) is 35.9 Å². The molecule has 0 bridgehead atoms. The molecule has 0 aromatic heterocycles. The van der Waals surface area contributed by atoms with Crippen LogP contribution >= 0.6 is 0 Å². The maximum Gasteiger partial charge on any atom is 0.235 e. The number of hydrogen-bond acceptors (Lipinski definition) is 3. The molecule has 118 valence electrons. The highest BCUT2D eigenvalue weighted by Gasteiger charge is 2.28. The minimum absolute atomic E-state index is 0.188. The van der Waals surface area contributed by atoms with Gasteiger partial charge in [0.15, 0.2) is 0 Å². The van der Waals surface area contributed by atoms with Crippen molar-refractivity contribution in [2.75, 3.05) is 12.8 Å². The Morgan fingerprint density at radius 1 is 1.24 bits per heavy atom. The largest absolute Gasteiger partial charge is 0.350 e. The van der Waals surface area contributed by atoms with E-state index in [1.165, 1.54) is 4.31 Å². The van der Waals surface area contributed by atoms with Gasteiger partial charge in [0.25, 0.3) is 0 Å². The normalized spacial score (nSPS) is 14.0.